The average molecular weight is 293 g/mol. The number of benzene rings is 1. The van der Waals surface area contributed by atoms with Crippen LogP contribution in [0.1, 0.15) is 58.9 Å². The maximum absolute atomic E-state index is 5.78. The van der Waals surface area contributed by atoms with Crippen LogP contribution >= 0.6 is 0 Å². The van der Waals surface area contributed by atoms with Crippen LogP contribution in [0.3, 0.4) is 0 Å². The van der Waals surface area contributed by atoms with Crippen molar-refractivity contribution in [2.45, 2.75) is 66.0 Å². The van der Waals surface area contributed by atoms with Crippen LogP contribution in [0.15, 0.2) is 18.2 Å². The van der Waals surface area contributed by atoms with Crippen molar-refractivity contribution in [1.29, 1.82) is 0 Å². The van der Waals surface area contributed by atoms with Crippen molar-refractivity contribution in [3.05, 3.63) is 23.8 Å². The lowest BCUT2D eigenvalue weighted by Gasteiger charge is -2.15. The molecule has 0 aliphatic heterocycles. The Kier molecular flexibility index (Phi) is 8.91. The molecule has 21 heavy (non-hydrogen) atoms. The summed E-state index contributed by atoms with van der Waals surface area (Å²) in [7, 11) is 0. The first-order valence-electron chi connectivity index (χ1n) is 8.30. The van der Waals surface area contributed by atoms with Crippen LogP contribution in [0.2, 0.25) is 0 Å². The fraction of sp³-hybridized carbons (Fsp3) is 0.667. The van der Waals surface area contributed by atoms with Crippen LogP contribution in [0, 0.1) is 0 Å². The van der Waals surface area contributed by atoms with Gasteiger partial charge in [-0.1, -0.05) is 32.3 Å². The smallest absolute Gasteiger partial charge is 0.161 e. The first-order valence-corrected chi connectivity index (χ1v) is 8.30. The van der Waals surface area contributed by atoms with E-state index in [-0.39, 0.29) is 6.10 Å². The van der Waals surface area contributed by atoms with Crippen LogP contribution in [0.5, 0.6) is 11.5 Å². The van der Waals surface area contributed by atoms with E-state index in [1.807, 2.05) is 26.8 Å². The summed E-state index contributed by atoms with van der Waals surface area (Å²) < 4.78 is 11.5. The van der Waals surface area contributed by atoms with Gasteiger partial charge in [-0.15, -0.1) is 0 Å². The molecular weight excluding hydrogens is 262 g/mol. The van der Waals surface area contributed by atoms with Gasteiger partial charge in [-0.05, 0) is 51.4 Å². The lowest BCUT2D eigenvalue weighted by atomic mass is 10.2. The molecule has 1 rings (SSSR count). The summed E-state index contributed by atoms with van der Waals surface area (Å²) in [4.78, 5) is 0. The first kappa shape index (κ1) is 17.8. The standard InChI is InChI=1S/C18H31NO2/c1-5-7-8-9-12-19-14-16-10-11-17(21-15(3)4)18(13-16)20-6-2/h10-11,13,15,19H,5-9,12,14H2,1-4H3. The Morgan fingerprint density at radius 1 is 1.05 bits per heavy atom. The average Bonchev–Trinajstić information content (AvgIpc) is 2.45. The monoisotopic (exact) mass is 293 g/mol. The number of hydrogen-bond donors (Lipinski definition) is 1. The maximum Gasteiger partial charge on any atom is 0.161 e. The normalized spacial score (nSPS) is 10.9. The summed E-state index contributed by atoms with van der Waals surface area (Å²) in [5.74, 6) is 1.68. The zero-order chi connectivity index (χ0) is 15.5. The molecule has 0 radical (unpaired) electrons. The fourth-order valence-electron chi connectivity index (χ4n) is 2.19. The second kappa shape index (κ2) is 10.5. The van der Waals surface area contributed by atoms with Crippen LogP contribution in [0.4, 0.5) is 0 Å². The van der Waals surface area contributed by atoms with E-state index in [4.69, 9.17) is 9.47 Å². The molecule has 0 atom stereocenters. The summed E-state index contributed by atoms with van der Waals surface area (Å²) in [6.07, 6.45) is 5.34. The molecule has 3 nitrogen and oxygen atoms in total. The zero-order valence-electron chi connectivity index (χ0n) is 14.1. The van der Waals surface area contributed by atoms with Crippen molar-refractivity contribution in [3.63, 3.8) is 0 Å². The van der Waals surface area contributed by atoms with Crippen molar-refractivity contribution >= 4 is 0 Å². The summed E-state index contributed by atoms with van der Waals surface area (Å²) in [5, 5.41) is 3.49. The summed E-state index contributed by atoms with van der Waals surface area (Å²) >= 11 is 0. The Bertz CT molecular complexity index is 391. The minimum Gasteiger partial charge on any atom is -0.490 e. The van der Waals surface area contributed by atoms with E-state index in [0.717, 1.165) is 24.6 Å². The molecule has 0 spiro atoms. The number of rotatable bonds is 11. The molecular formula is C18H31NO2. The molecule has 0 unspecified atom stereocenters. The van der Waals surface area contributed by atoms with Gasteiger partial charge < -0.3 is 14.8 Å². The molecule has 0 aromatic heterocycles. The second-order valence-electron chi connectivity index (χ2n) is 5.62. The van der Waals surface area contributed by atoms with E-state index in [9.17, 15) is 0 Å². The van der Waals surface area contributed by atoms with Gasteiger partial charge in [-0.25, -0.2) is 0 Å². The molecule has 0 bridgehead atoms. The van der Waals surface area contributed by atoms with E-state index in [1.165, 1.54) is 31.2 Å². The largest absolute Gasteiger partial charge is 0.490 e. The van der Waals surface area contributed by atoms with Gasteiger partial charge in [0.05, 0.1) is 12.7 Å². The number of unbranched alkanes of at least 4 members (excludes halogenated alkanes) is 3. The van der Waals surface area contributed by atoms with E-state index in [0.29, 0.717) is 6.61 Å². The van der Waals surface area contributed by atoms with E-state index in [1.54, 1.807) is 0 Å². The Balaban J connectivity index is 2.49. The van der Waals surface area contributed by atoms with Crippen LogP contribution in [-0.4, -0.2) is 19.3 Å². The predicted octanol–water partition coefficient (Wildman–Crippen LogP) is 4.54. The van der Waals surface area contributed by atoms with Gasteiger partial charge in [0.2, 0.25) is 0 Å². The van der Waals surface area contributed by atoms with Crippen LogP contribution in [0.25, 0.3) is 0 Å². The molecule has 1 aromatic carbocycles. The first-order chi connectivity index (χ1) is 10.2. The van der Waals surface area contributed by atoms with Crippen LogP contribution in [-0.2, 0) is 6.54 Å². The molecule has 0 amide bonds. The third-order valence-electron chi connectivity index (χ3n) is 3.21. The molecule has 120 valence electrons. The van der Waals surface area contributed by atoms with Crippen molar-refractivity contribution in [2.24, 2.45) is 0 Å². The van der Waals surface area contributed by atoms with Crippen molar-refractivity contribution < 1.29 is 9.47 Å². The SMILES string of the molecule is CCCCCCNCc1ccc(OC(C)C)c(OCC)c1. The molecule has 3 heteroatoms. The topological polar surface area (TPSA) is 30.5 Å². The molecule has 1 aromatic rings. The summed E-state index contributed by atoms with van der Waals surface area (Å²) in [5.41, 5.74) is 1.24. The number of ether oxygens (including phenoxy) is 2. The minimum atomic E-state index is 0.159. The van der Waals surface area contributed by atoms with Gasteiger partial charge in [-0.2, -0.15) is 0 Å². The summed E-state index contributed by atoms with van der Waals surface area (Å²) in [6, 6.07) is 6.21. The van der Waals surface area contributed by atoms with Gasteiger partial charge in [0.15, 0.2) is 11.5 Å². The Morgan fingerprint density at radius 3 is 2.52 bits per heavy atom. The Labute approximate surface area is 130 Å². The van der Waals surface area contributed by atoms with E-state index in [2.05, 4.69) is 24.4 Å². The van der Waals surface area contributed by atoms with E-state index >= 15 is 0 Å². The highest BCUT2D eigenvalue weighted by Gasteiger charge is 2.08. The highest BCUT2D eigenvalue weighted by Crippen LogP contribution is 2.29. The minimum absolute atomic E-state index is 0.159. The van der Waals surface area contributed by atoms with Crippen molar-refractivity contribution in [1.82, 2.24) is 5.32 Å². The van der Waals surface area contributed by atoms with Crippen molar-refractivity contribution in [3.8, 4) is 11.5 Å². The Morgan fingerprint density at radius 2 is 1.86 bits per heavy atom. The third kappa shape index (κ3) is 7.37. The van der Waals surface area contributed by atoms with Gasteiger partial charge in [0.25, 0.3) is 0 Å². The van der Waals surface area contributed by atoms with E-state index < -0.39 is 0 Å². The lowest BCUT2D eigenvalue weighted by molar-refractivity contribution is 0.223. The van der Waals surface area contributed by atoms with Crippen LogP contribution < -0.4 is 14.8 Å². The molecule has 0 aliphatic carbocycles. The lowest BCUT2D eigenvalue weighted by Crippen LogP contribution is -2.15. The molecule has 0 saturated heterocycles. The second-order valence-corrected chi connectivity index (χ2v) is 5.62. The highest BCUT2D eigenvalue weighted by atomic mass is 16.5. The third-order valence-corrected chi connectivity index (χ3v) is 3.21. The highest BCUT2D eigenvalue weighted by molar-refractivity contribution is 5.43. The van der Waals surface area contributed by atoms with Gasteiger partial charge in [0.1, 0.15) is 0 Å². The molecule has 0 heterocycles. The molecule has 1 N–H and O–H groups in total. The number of hydrogen-bond acceptors (Lipinski definition) is 3. The molecule has 0 aliphatic rings. The molecule has 0 fully saturated rings. The van der Waals surface area contributed by atoms with Gasteiger partial charge in [0, 0.05) is 6.54 Å². The van der Waals surface area contributed by atoms with Gasteiger partial charge >= 0.3 is 0 Å². The Hall–Kier alpha value is -1.22. The maximum atomic E-state index is 5.78. The number of nitrogens with one attached hydrogen (secondary N) is 1. The summed E-state index contributed by atoms with van der Waals surface area (Å²) in [6.45, 7) is 10.9. The van der Waals surface area contributed by atoms with Crippen molar-refractivity contribution in [2.75, 3.05) is 13.2 Å². The predicted molar refractivity (Wildman–Crippen MR) is 89.2 cm³/mol. The molecule has 0 saturated carbocycles. The zero-order valence-corrected chi connectivity index (χ0v) is 14.1. The van der Waals surface area contributed by atoms with Gasteiger partial charge in [-0.3, -0.25) is 0 Å². The fourth-order valence-corrected chi connectivity index (χ4v) is 2.19. The quantitative estimate of drug-likeness (QED) is 0.607.